The average molecular weight is 340 g/mol. The van der Waals surface area contributed by atoms with Crippen LogP contribution in [0.1, 0.15) is 58.1 Å². The van der Waals surface area contributed by atoms with E-state index in [-0.39, 0.29) is 5.41 Å². The molecule has 1 aliphatic carbocycles. The van der Waals surface area contributed by atoms with Crippen molar-refractivity contribution in [3.8, 4) is 0 Å². The summed E-state index contributed by atoms with van der Waals surface area (Å²) < 4.78 is 2.53. The number of benzene rings is 1. The number of rotatable bonds is 3. The monoisotopic (exact) mass is 339 g/mol. The highest BCUT2D eigenvalue weighted by atomic mass is 15.2. The molecule has 0 spiro atoms. The van der Waals surface area contributed by atoms with E-state index in [1.807, 2.05) is 0 Å². The Balaban J connectivity index is 1.74. The van der Waals surface area contributed by atoms with Crippen LogP contribution in [0.15, 0.2) is 24.4 Å². The molecule has 2 fully saturated rings. The van der Waals surface area contributed by atoms with E-state index in [4.69, 9.17) is 0 Å². The Hall–Kier alpha value is -1.48. The van der Waals surface area contributed by atoms with Gasteiger partial charge < -0.3 is 14.4 Å². The third kappa shape index (κ3) is 3.19. The SMILES string of the molecule is CN(C)C1CCN(c2cc(C(C)(C)C)cc3c2ccn3C2CC2)CC1. The fraction of sp³-hybridized carbons (Fsp3) is 0.636. The predicted molar refractivity (Wildman–Crippen MR) is 108 cm³/mol. The molecule has 1 saturated heterocycles. The van der Waals surface area contributed by atoms with Gasteiger partial charge in [-0.3, -0.25) is 0 Å². The number of piperidine rings is 1. The zero-order valence-corrected chi connectivity index (χ0v) is 16.5. The molecule has 4 rings (SSSR count). The van der Waals surface area contributed by atoms with Crippen molar-refractivity contribution in [3.05, 3.63) is 30.0 Å². The van der Waals surface area contributed by atoms with Crippen LogP contribution in [0.3, 0.4) is 0 Å². The van der Waals surface area contributed by atoms with Crippen molar-refractivity contribution < 1.29 is 0 Å². The van der Waals surface area contributed by atoms with Gasteiger partial charge in [-0.25, -0.2) is 0 Å². The molecule has 0 bridgehead atoms. The van der Waals surface area contributed by atoms with Crippen LogP contribution in [0, 0.1) is 0 Å². The van der Waals surface area contributed by atoms with Gasteiger partial charge >= 0.3 is 0 Å². The molecule has 2 heterocycles. The summed E-state index contributed by atoms with van der Waals surface area (Å²) in [5.74, 6) is 0. The lowest BCUT2D eigenvalue weighted by Gasteiger charge is -2.37. The van der Waals surface area contributed by atoms with Crippen LogP contribution in [0.25, 0.3) is 10.9 Å². The molecule has 3 nitrogen and oxygen atoms in total. The van der Waals surface area contributed by atoms with E-state index in [0.717, 1.165) is 12.1 Å². The van der Waals surface area contributed by atoms with Crippen molar-refractivity contribution in [3.63, 3.8) is 0 Å². The van der Waals surface area contributed by atoms with Crippen LogP contribution in [0.5, 0.6) is 0 Å². The predicted octanol–water partition coefficient (Wildman–Crippen LogP) is 4.80. The van der Waals surface area contributed by atoms with Gasteiger partial charge in [0.15, 0.2) is 0 Å². The normalized spacial score (nSPS) is 20.0. The first-order chi connectivity index (χ1) is 11.8. The Labute approximate surface area is 152 Å². The van der Waals surface area contributed by atoms with Crippen LogP contribution in [0.2, 0.25) is 0 Å². The number of aromatic nitrogens is 1. The van der Waals surface area contributed by atoms with Gasteiger partial charge in [0.1, 0.15) is 0 Å². The molecule has 0 amide bonds. The summed E-state index contributed by atoms with van der Waals surface area (Å²) in [7, 11) is 4.43. The number of hydrogen-bond acceptors (Lipinski definition) is 2. The second-order valence-electron chi connectivity index (χ2n) is 9.31. The van der Waals surface area contributed by atoms with Crippen LogP contribution >= 0.6 is 0 Å². The van der Waals surface area contributed by atoms with Gasteiger partial charge in [0, 0.05) is 42.4 Å². The Morgan fingerprint density at radius 1 is 1.00 bits per heavy atom. The van der Waals surface area contributed by atoms with Crippen molar-refractivity contribution in [1.82, 2.24) is 9.47 Å². The third-order valence-electron chi connectivity index (χ3n) is 6.16. The molecule has 0 N–H and O–H groups in total. The standard InChI is InChI=1S/C22H33N3/c1-22(2,3)16-14-20(24-11-8-17(9-12-24)23(4)5)19-10-13-25(18-6-7-18)21(19)15-16/h10,13-15,17-18H,6-9,11-12H2,1-5H3. The number of hydrogen-bond donors (Lipinski definition) is 0. The topological polar surface area (TPSA) is 11.4 Å². The fourth-order valence-electron chi connectivity index (χ4n) is 4.23. The lowest BCUT2D eigenvalue weighted by molar-refractivity contribution is 0.250. The molecular formula is C22H33N3. The maximum Gasteiger partial charge on any atom is 0.0506 e. The van der Waals surface area contributed by atoms with Crippen LogP contribution < -0.4 is 4.90 Å². The minimum Gasteiger partial charge on any atom is -0.371 e. The summed E-state index contributed by atoms with van der Waals surface area (Å²) in [6.45, 7) is 9.34. The van der Waals surface area contributed by atoms with Crippen molar-refractivity contribution in [2.45, 2.75) is 64.0 Å². The average Bonchev–Trinajstić information content (AvgIpc) is 3.32. The van der Waals surface area contributed by atoms with E-state index >= 15 is 0 Å². The largest absolute Gasteiger partial charge is 0.371 e. The van der Waals surface area contributed by atoms with E-state index < -0.39 is 0 Å². The summed E-state index contributed by atoms with van der Waals surface area (Å²) >= 11 is 0. The third-order valence-corrected chi connectivity index (χ3v) is 6.16. The molecular weight excluding hydrogens is 306 g/mol. The second-order valence-corrected chi connectivity index (χ2v) is 9.31. The summed E-state index contributed by atoms with van der Waals surface area (Å²) in [6, 6.07) is 8.74. The highest BCUT2D eigenvalue weighted by Crippen LogP contribution is 2.42. The minimum absolute atomic E-state index is 0.184. The van der Waals surface area contributed by atoms with Gasteiger partial charge in [0.2, 0.25) is 0 Å². The number of fused-ring (bicyclic) bond motifs is 1. The Morgan fingerprint density at radius 2 is 1.68 bits per heavy atom. The first-order valence-corrected chi connectivity index (χ1v) is 9.91. The number of anilines is 1. The molecule has 0 atom stereocenters. The zero-order chi connectivity index (χ0) is 17.8. The quantitative estimate of drug-likeness (QED) is 0.795. The molecule has 0 unspecified atom stereocenters. The van der Waals surface area contributed by atoms with Gasteiger partial charge in [-0.05, 0) is 69.0 Å². The minimum atomic E-state index is 0.184. The second kappa shape index (κ2) is 6.05. The summed E-state index contributed by atoms with van der Waals surface area (Å²) in [6.07, 6.45) is 7.53. The molecule has 1 aliphatic heterocycles. The Bertz CT molecular complexity index is 753. The van der Waals surface area contributed by atoms with Gasteiger partial charge in [0.25, 0.3) is 0 Å². The molecule has 0 radical (unpaired) electrons. The lowest BCUT2D eigenvalue weighted by atomic mass is 9.86. The van der Waals surface area contributed by atoms with E-state index in [1.165, 1.54) is 60.9 Å². The maximum atomic E-state index is 2.63. The molecule has 2 aromatic rings. The van der Waals surface area contributed by atoms with Gasteiger partial charge in [0.05, 0.1) is 5.52 Å². The summed E-state index contributed by atoms with van der Waals surface area (Å²) in [5, 5.41) is 1.45. The lowest BCUT2D eigenvalue weighted by Crippen LogP contribution is -2.42. The van der Waals surface area contributed by atoms with E-state index in [2.05, 4.69) is 73.6 Å². The van der Waals surface area contributed by atoms with Crippen LogP contribution in [-0.2, 0) is 5.41 Å². The molecule has 1 aromatic heterocycles. The zero-order valence-electron chi connectivity index (χ0n) is 16.5. The van der Waals surface area contributed by atoms with Gasteiger partial charge in [-0.15, -0.1) is 0 Å². The van der Waals surface area contributed by atoms with Crippen molar-refractivity contribution >= 4 is 16.6 Å². The van der Waals surface area contributed by atoms with E-state index in [0.29, 0.717) is 0 Å². The fourth-order valence-corrected chi connectivity index (χ4v) is 4.23. The smallest absolute Gasteiger partial charge is 0.0506 e. The highest BCUT2D eigenvalue weighted by molar-refractivity contribution is 5.94. The maximum absolute atomic E-state index is 2.63. The highest BCUT2D eigenvalue weighted by Gasteiger charge is 2.28. The molecule has 1 aromatic carbocycles. The Kier molecular flexibility index (Phi) is 4.10. The Morgan fingerprint density at radius 3 is 2.24 bits per heavy atom. The van der Waals surface area contributed by atoms with Crippen molar-refractivity contribution in [2.75, 3.05) is 32.1 Å². The van der Waals surface area contributed by atoms with E-state index in [9.17, 15) is 0 Å². The van der Waals surface area contributed by atoms with E-state index in [1.54, 1.807) is 0 Å². The first kappa shape index (κ1) is 17.0. The molecule has 1 saturated carbocycles. The summed E-state index contributed by atoms with van der Waals surface area (Å²) in [4.78, 5) is 5.02. The van der Waals surface area contributed by atoms with Crippen LogP contribution in [-0.4, -0.2) is 42.7 Å². The van der Waals surface area contributed by atoms with Crippen molar-refractivity contribution in [2.24, 2.45) is 0 Å². The molecule has 25 heavy (non-hydrogen) atoms. The van der Waals surface area contributed by atoms with Gasteiger partial charge in [-0.1, -0.05) is 20.8 Å². The van der Waals surface area contributed by atoms with Crippen LogP contribution in [0.4, 0.5) is 5.69 Å². The van der Waals surface area contributed by atoms with Gasteiger partial charge in [-0.2, -0.15) is 0 Å². The molecule has 3 heteroatoms. The molecule has 136 valence electrons. The summed E-state index contributed by atoms with van der Waals surface area (Å²) in [5.41, 5.74) is 4.55. The number of nitrogens with zero attached hydrogens (tertiary/aromatic N) is 3. The molecule has 2 aliphatic rings. The first-order valence-electron chi connectivity index (χ1n) is 9.91. The van der Waals surface area contributed by atoms with Crippen molar-refractivity contribution in [1.29, 1.82) is 0 Å².